The Balaban J connectivity index is 1.43. The van der Waals surface area contributed by atoms with E-state index >= 15 is 0 Å². The minimum Gasteiger partial charge on any atom is -0.444 e. The molecule has 2 heterocycles. The SMILES string of the molecule is CC(C)(C)OC(=O)NC1CCC(Nc2ncc(I)n3cc(-c4ccc(Cl)cc4)nc23)CC1. The average Bonchev–Trinajstić information content (AvgIpc) is 3.17. The third kappa shape index (κ3) is 5.64. The second kappa shape index (κ2) is 9.43. The fourth-order valence-corrected chi connectivity index (χ4v) is 4.49. The van der Waals surface area contributed by atoms with Crippen molar-refractivity contribution in [3.63, 3.8) is 0 Å². The van der Waals surface area contributed by atoms with Crippen LogP contribution in [0.4, 0.5) is 10.6 Å². The highest BCUT2D eigenvalue weighted by molar-refractivity contribution is 14.1. The molecule has 4 rings (SSSR count). The van der Waals surface area contributed by atoms with Crippen LogP contribution in [0.2, 0.25) is 5.02 Å². The van der Waals surface area contributed by atoms with Gasteiger partial charge in [-0.1, -0.05) is 23.7 Å². The van der Waals surface area contributed by atoms with Gasteiger partial charge in [-0.3, -0.25) is 4.40 Å². The molecule has 1 aliphatic carbocycles. The van der Waals surface area contributed by atoms with Crippen molar-refractivity contribution >= 4 is 51.8 Å². The van der Waals surface area contributed by atoms with E-state index in [-0.39, 0.29) is 18.2 Å². The number of amides is 1. The Morgan fingerprint density at radius 1 is 1.16 bits per heavy atom. The highest BCUT2D eigenvalue weighted by Gasteiger charge is 2.25. The van der Waals surface area contributed by atoms with Gasteiger partial charge in [0.25, 0.3) is 0 Å². The zero-order valence-corrected chi connectivity index (χ0v) is 21.3. The molecule has 0 radical (unpaired) electrons. The van der Waals surface area contributed by atoms with Crippen LogP contribution in [0.5, 0.6) is 0 Å². The Labute approximate surface area is 206 Å². The van der Waals surface area contributed by atoms with Crippen molar-refractivity contribution in [3.8, 4) is 11.3 Å². The molecular weight excluding hydrogens is 541 g/mol. The Morgan fingerprint density at radius 2 is 1.81 bits per heavy atom. The number of carbonyl (C=O) groups excluding carboxylic acids is 1. The van der Waals surface area contributed by atoms with Crippen molar-refractivity contribution in [2.75, 3.05) is 5.32 Å². The normalized spacial score (nSPS) is 19.0. The molecule has 1 aliphatic rings. The zero-order chi connectivity index (χ0) is 22.9. The lowest BCUT2D eigenvalue weighted by atomic mass is 9.91. The molecule has 1 aromatic carbocycles. The van der Waals surface area contributed by atoms with Gasteiger partial charge in [-0.15, -0.1) is 0 Å². The number of anilines is 1. The summed E-state index contributed by atoms with van der Waals surface area (Å²) in [6, 6.07) is 8.08. The number of fused-ring (bicyclic) bond motifs is 1. The number of alkyl carbamates (subject to hydrolysis) is 1. The molecule has 0 unspecified atom stereocenters. The van der Waals surface area contributed by atoms with Crippen LogP contribution in [0.3, 0.4) is 0 Å². The van der Waals surface area contributed by atoms with Gasteiger partial charge < -0.3 is 15.4 Å². The molecule has 1 saturated carbocycles. The molecule has 0 bridgehead atoms. The minimum absolute atomic E-state index is 0.135. The van der Waals surface area contributed by atoms with E-state index in [1.54, 1.807) is 0 Å². The third-order valence-corrected chi connectivity index (χ3v) is 6.43. The van der Waals surface area contributed by atoms with Crippen molar-refractivity contribution in [1.82, 2.24) is 19.7 Å². The van der Waals surface area contributed by atoms with E-state index in [1.807, 2.05) is 57.4 Å². The molecule has 2 N–H and O–H groups in total. The number of halogens is 2. The lowest BCUT2D eigenvalue weighted by Crippen LogP contribution is -2.42. The van der Waals surface area contributed by atoms with E-state index in [9.17, 15) is 4.79 Å². The van der Waals surface area contributed by atoms with Gasteiger partial charge in [-0.25, -0.2) is 14.8 Å². The predicted molar refractivity (Wildman–Crippen MR) is 135 cm³/mol. The van der Waals surface area contributed by atoms with Crippen LogP contribution in [0.15, 0.2) is 36.7 Å². The number of benzene rings is 1. The highest BCUT2D eigenvalue weighted by atomic mass is 127. The number of nitrogens with one attached hydrogen (secondary N) is 2. The minimum atomic E-state index is -0.486. The largest absolute Gasteiger partial charge is 0.444 e. The van der Waals surface area contributed by atoms with E-state index < -0.39 is 5.60 Å². The second-order valence-electron chi connectivity index (χ2n) is 9.10. The maximum atomic E-state index is 12.0. The number of nitrogens with zero attached hydrogens (tertiary/aromatic N) is 3. The van der Waals surface area contributed by atoms with Gasteiger partial charge in [0.05, 0.1) is 11.9 Å². The number of hydrogen-bond donors (Lipinski definition) is 2. The Morgan fingerprint density at radius 3 is 2.47 bits per heavy atom. The van der Waals surface area contributed by atoms with Crippen molar-refractivity contribution in [2.24, 2.45) is 0 Å². The first-order valence-corrected chi connectivity index (χ1v) is 12.2. The highest BCUT2D eigenvalue weighted by Crippen LogP contribution is 2.27. The molecule has 0 spiro atoms. The number of hydrogen-bond acceptors (Lipinski definition) is 5. The molecule has 1 fully saturated rings. The summed E-state index contributed by atoms with van der Waals surface area (Å²) in [5, 5.41) is 7.27. The number of aromatic nitrogens is 3. The Bertz CT molecular complexity index is 1100. The van der Waals surface area contributed by atoms with Gasteiger partial charge >= 0.3 is 6.09 Å². The van der Waals surface area contributed by atoms with Gasteiger partial charge in [0.2, 0.25) is 0 Å². The summed E-state index contributed by atoms with van der Waals surface area (Å²) in [4.78, 5) is 21.5. The first kappa shape index (κ1) is 23.1. The molecule has 2 aromatic heterocycles. The first-order valence-electron chi connectivity index (χ1n) is 10.7. The van der Waals surface area contributed by atoms with Crippen LogP contribution in [0.25, 0.3) is 16.9 Å². The summed E-state index contributed by atoms with van der Waals surface area (Å²) in [5.74, 6) is 0.772. The van der Waals surface area contributed by atoms with Gasteiger partial charge in [-0.2, -0.15) is 0 Å². The summed E-state index contributed by atoms with van der Waals surface area (Å²) in [6.45, 7) is 5.61. The van der Waals surface area contributed by atoms with E-state index in [0.717, 1.165) is 52.1 Å². The second-order valence-corrected chi connectivity index (χ2v) is 10.6. The zero-order valence-electron chi connectivity index (χ0n) is 18.4. The fourth-order valence-electron chi connectivity index (χ4n) is 3.86. The van der Waals surface area contributed by atoms with Crippen molar-refractivity contribution in [2.45, 2.75) is 64.1 Å². The molecule has 9 heteroatoms. The van der Waals surface area contributed by atoms with Crippen LogP contribution in [-0.4, -0.2) is 38.1 Å². The summed E-state index contributed by atoms with van der Waals surface area (Å²) < 4.78 is 8.41. The number of imidazole rings is 1. The standard InChI is InChI=1S/C23H27ClIN5O2/c1-23(2,3)32-22(31)28-17-10-8-16(9-11-17)27-20-21-29-18(13-30(21)19(25)12-26-20)14-4-6-15(24)7-5-14/h4-7,12-13,16-17H,8-11H2,1-3H3,(H,26,27)(H,28,31). The number of rotatable bonds is 4. The molecule has 7 nitrogen and oxygen atoms in total. The molecule has 170 valence electrons. The molecule has 0 aliphatic heterocycles. The smallest absolute Gasteiger partial charge is 0.407 e. The monoisotopic (exact) mass is 567 g/mol. The van der Waals surface area contributed by atoms with Crippen LogP contribution in [0.1, 0.15) is 46.5 Å². The lowest BCUT2D eigenvalue weighted by molar-refractivity contribution is 0.0492. The van der Waals surface area contributed by atoms with Gasteiger partial charge in [-0.05, 0) is 81.2 Å². The summed E-state index contributed by atoms with van der Waals surface area (Å²) >= 11 is 8.29. The number of ether oxygens (including phenoxy) is 1. The maximum Gasteiger partial charge on any atom is 0.407 e. The topological polar surface area (TPSA) is 80.5 Å². The maximum absolute atomic E-state index is 12.0. The Kier molecular flexibility index (Phi) is 6.80. The quantitative estimate of drug-likeness (QED) is 0.384. The van der Waals surface area contributed by atoms with Crippen LogP contribution in [-0.2, 0) is 4.74 Å². The van der Waals surface area contributed by atoms with Gasteiger partial charge in [0, 0.05) is 28.9 Å². The third-order valence-electron chi connectivity index (χ3n) is 5.38. The summed E-state index contributed by atoms with van der Waals surface area (Å²) in [6.07, 6.45) is 7.18. The van der Waals surface area contributed by atoms with Gasteiger partial charge in [0.15, 0.2) is 11.5 Å². The van der Waals surface area contributed by atoms with E-state index in [1.165, 1.54) is 0 Å². The molecule has 32 heavy (non-hydrogen) atoms. The summed E-state index contributed by atoms with van der Waals surface area (Å²) in [7, 11) is 0. The van der Waals surface area contributed by atoms with E-state index in [0.29, 0.717) is 5.02 Å². The lowest BCUT2D eigenvalue weighted by Gasteiger charge is -2.30. The van der Waals surface area contributed by atoms with Crippen molar-refractivity contribution < 1.29 is 9.53 Å². The van der Waals surface area contributed by atoms with E-state index in [4.69, 9.17) is 21.3 Å². The first-order chi connectivity index (χ1) is 15.2. The van der Waals surface area contributed by atoms with Crippen molar-refractivity contribution in [1.29, 1.82) is 0 Å². The van der Waals surface area contributed by atoms with Gasteiger partial charge in [0.1, 0.15) is 9.30 Å². The van der Waals surface area contributed by atoms with Crippen LogP contribution in [0, 0.1) is 3.70 Å². The van der Waals surface area contributed by atoms with E-state index in [2.05, 4.69) is 42.6 Å². The number of carbonyl (C=O) groups is 1. The van der Waals surface area contributed by atoms with Crippen LogP contribution < -0.4 is 10.6 Å². The Hall–Kier alpha value is -2.07. The molecule has 0 saturated heterocycles. The predicted octanol–water partition coefficient (Wildman–Crippen LogP) is 5.90. The molecule has 3 aromatic rings. The molecule has 1 amide bonds. The average molecular weight is 568 g/mol. The fraction of sp³-hybridized carbons (Fsp3) is 0.435. The van der Waals surface area contributed by atoms with Crippen LogP contribution >= 0.6 is 34.2 Å². The van der Waals surface area contributed by atoms with Crippen molar-refractivity contribution in [3.05, 3.63) is 45.4 Å². The molecule has 0 atom stereocenters. The summed E-state index contributed by atoms with van der Waals surface area (Å²) in [5.41, 5.74) is 2.20. The molecular formula is C23H27ClIN5O2.